The number of carbonyl (C=O) groups is 1. The SMILES string of the molecule is COc1cc(C[C@H](N)CNc2ncc(-c3ccc4c(c3)C=NC4=O)s2)cnc1C(F)(F)F. The molecule has 4 rings (SSSR count). The second-order valence-electron chi connectivity index (χ2n) is 7.13. The van der Waals surface area contributed by atoms with Crippen molar-refractivity contribution >= 4 is 28.6 Å². The summed E-state index contributed by atoms with van der Waals surface area (Å²) in [6.45, 7) is 0.363. The largest absolute Gasteiger partial charge is 0.494 e. The molecule has 0 bridgehead atoms. The average molecular weight is 461 g/mol. The molecular weight excluding hydrogens is 443 g/mol. The Kier molecular flexibility index (Phi) is 5.94. The maximum Gasteiger partial charge on any atom is 0.437 e. The zero-order valence-corrected chi connectivity index (χ0v) is 17.6. The van der Waals surface area contributed by atoms with E-state index in [0.717, 1.165) is 22.2 Å². The molecule has 0 fully saturated rings. The van der Waals surface area contributed by atoms with Gasteiger partial charge in [-0.1, -0.05) is 17.4 Å². The van der Waals surface area contributed by atoms with Crippen molar-refractivity contribution in [3.63, 3.8) is 0 Å². The third-order valence-corrected chi connectivity index (χ3v) is 5.81. The number of aliphatic imine (C=N–C) groups is 1. The number of methoxy groups -OCH3 is 1. The Morgan fingerprint density at radius 1 is 1.22 bits per heavy atom. The van der Waals surface area contributed by atoms with Crippen molar-refractivity contribution in [2.24, 2.45) is 10.7 Å². The summed E-state index contributed by atoms with van der Waals surface area (Å²) in [4.78, 5) is 24.1. The van der Waals surface area contributed by atoms with Gasteiger partial charge in [-0.2, -0.15) is 13.2 Å². The highest BCUT2D eigenvalue weighted by Gasteiger charge is 2.36. The predicted molar refractivity (Wildman–Crippen MR) is 115 cm³/mol. The van der Waals surface area contributed by atoms with Crippen LogP contribution in [0, 0.1) is 0 Å². The summed E-state index contributed by atoms with van der Waals surface area (Å²) in [7, 11) is 1.17. The molecule has 1 atom stereocenters. The Labute approximate surface area is 185 Å². The molecule has 0 radical (unpaired) electrons. The first kappa shape index (κ1) is 21.9. The number of thiazole rings is 1. The van der Waals surface area contributed by atoms with E-state index >= 15 is 0 Å². The number of hydrogen-bond donors (Lipinski definition) is 2. The van der Waals surface area contributed by atoms with Crippen molar-refractivity contribution in [1.82, 2.24) is 9.97 Å². The fraction of sp³-hybridized carbons (Fsp3) is 0.238. The fourth-order valence-corrected chi connectivity index (χ4v) is 4.08. The number of carbonyl (C=O) groups excluding carboxylic acids is 1. The number of anilines is 1. The van der Waals surface area contributed by atoms with E-state index in [-0.39, 0.29) is 17.7 Å². The predicted octanol–water partition coefficient (Wildman–Crippen LogP) is 3.79. The van der Waals surface area contributed by atoms with Gasteiger partial charge in [0.15, 0.2) is 10.8 Å². The van der Waals surface area contributed by atoms with Crippen LogP contribution in [0.5, 0.6) is 5.75 Å². The van der Waals surface area contributed by atoms with Crippen LogP contribution < -0.4 is 15.8 Å². The van der Waals surface area contributed by atoms with Crippen molar-refractivity contribution < 1.29 is 22.7 Å². The number of halogens is 3. The first-order chi connectivity index (χ1) is 15.2. The molecule has 1 aliphatic rings. The van der Waals surface area contributed by atoms with Gasteiger partial charge in [0.05, 0.1) is 17.6 Å². The monoisotopic (exact) mass is 461 g/mol. The van der Waals surface area contributed by atoms with Gasteiger partial charge in [-0.15, -0.1) is 0 Å². The van der Waals surface area contributed by atoms with Crippen molar-refractivity contribution in [2.45, 2.75) is 18.6 Å². The minimum Gasteiger partial charge on any atom is -0.494 e. The van der Waals surface area contributed by atoms with Gasteiger partial charge in [0.1, 0.15) is 5.75 Å². The third kappa shape index (κ3) is 4.63. The molecule has 1 aromatic carbocycles. The number of nitrogens with zero attached hydrogens (tertiary/aromatic N) is 3. The molecule has 11 heteroatoms. The third-order valence-electron chi connectivity index (χ3n) is 4.80. The molecule has 0 spiro atoms. The molecule has 7 nitrogen and oxygen atoms in total. The van der Waals surface area contributed by atoms with Gasteiger partial charge >= 0.3 is 6.18 Å². The normalized spacial score (nSPS) is 13.8. The maximum absolute atomic E-state index is 12.9. The molecule has 0 saturated carbocycles. The van der Waals surface area contributed by atoms with Gasteiger partial charge in [0, 0.05) is 36.8 Å². The lowest BCUT2D eigenvalue weighted by Gasteiger charge is -2.15. The van der Waals surface area contributed by atoms with Gasteiger partial charge in [-0.3, -0.25) is 4.79 Å². The van der Waals surface area contributed by atoms with Gasteiger partial charge in [-0.25, -0.2) is 15.0 Å². The summed E-state index contributed by atoms with van der Waals surface area (Å²) in [6, 6.07) is 6.40. The number of hydrogen-bond acceptors (Lipinski definition) is 7. The van der Waals surface area contributed by atoms with E-state index in [0.29, 0.717) is 29.2 Å². The molecule has 0 unspecified atom stereocenters. The van der Waals surface area contributed by atoms with Crippen LogP contribution >= 0.6 is 11.3 Å². The van der Waals surface area contributed by atoms with Crippen molar-refractivity contribution in [3.8, 4) is 16.2 Å². The molecule has 3 aromatic rings. The van der Waals surface area contributed by atoms with Crippen LogP contribution in [0.25, 0.3) is 10.4 Å². The van der Waals surface area contributed by atoms with Crippen LogP contribution in [0.2, 0.25) is 0 Å². The number of fused-ring (bicyclic) bond motifs is 1. The van der Waals surface area contributed by atoms with Gasteiger partial charge in [0.2, 0.25) is 0 Å². The molecular formula is C21H18F3N5O2S. The number of nitrogens with one attached hydrogen (secondary N) is 1. The second kappa shape index (κ2) is 8.67. The Hall–Kier alpha value is -3.31. The zero-order chi connectivity index (χ0) is 22.9. The summed E-state index contributed by atoms with van der Waals surface area (Å²) in [5.41, 5.74) is 7.89. The molecule has 166 valence electrons. The number of ether oxygens (including phenoxy) is 1. The van der Waals surface area contributed by atoms with E-state index in [1.807, 2.05) is 12.1 Å². The molecule has 1 amide bonds. The van der Waals surface area contributed by atoms with Crippen LogP contribution in [0.4, 0.5) is 18.3 Å². The molecule has 3 heterocycles. The summed E-state index contributed by atoms with van der Waals surface area (Å²) in [5.74, 6) is -0.575. The van der Waals surface area contributed by atoms with Crippen molar-refractivity contribution in [2.75, 3.05) is 19.0 Å². The molecule has 0 aliphatic carbocycles. The minimum atomic E-state index is -4.59. The number of aromatic nitrogens is 2. The summed E-state index contributed by atoms with van der Waals surface area (Å²) < 4.78 is 43.6. The Balaban J connectivity index is 1.37. The van der Waals surface area contributed by atoms with Gasteiger partial charge in [-0.05, 0) is 35.7 Å². The van der Waals surface area contributed by atoms with E-state index < -0.39 is 11.9 Å². The van der Waals surface area contributed by atoms with Gasteiger partial charge in [0.25, 0.3) is 5.91 Å². The average Bonchev–Trinajstić information content (AvgIpc) is 3.38. The highest BCUT2D eigenvalue weighted by Crippen LogP contribution is 2.35. The van der Waals surface area contributed by atoms with E-state index in [1.165, 1.54) is 24.5 Å². The summed E-state index contributed by atoms with van der Waals surface area (Å²) in [6.07, 6.45) is 0.154. The highest BCUT2D eigenvalue weighted by molar-refractivity contribution is 7.18. The number of pyridine rings is 1. The lowest BCUT2D eigenvalue weighted by atomic mass is 10.1. The molecule has 32 heavy (non-hydrogen) atoms. The molecule has 3 N–H and O–H groups in total. The first-order valence-electron chi connectivity index (χ1n) is 9.53. The number of nitrogens with two attached hydrogens (primary N) is 1. The first-order valence-corrected chi connectivity index (χ1v) is 10.3. The van der Waals surface area contributed by atoms with Crippen LogP contribution in [-0.4, -0.2) is 41.8 Å². The number of rotatable bonds is 7. The van der Waals surface area contributed by atoms with E-state index in [2.05, 4.69) is 20.3 Å². The van der Waals surface area contributed by atoms with Crippen LogP contribution in [0.15, 0.2) is 41.7 Å². The Morgan fingerprint density at radius 3 is 2.78 bits per heavy atom. The van der Waals surface area contributed by atoms with Crippen LogP contribution in [-0.2, 0) is 12.6 Å². The number of benzene rings is 1. The lowest BCUT2D eigenvalue weighted by molar-refractivity contribution is -0.142. The topological polar surface area (TPSA) is 102 Å². The lowest BCUT2D eigenvalue weighted by Crippen LogP contribution is -2.31. The minimum absolute atomic E-state index is 0.243. The molecule has 2 aromatic heterocycles. The fourth-order valence-electron chi connectivity index (χ4n) is 3.26. The standard InChI is InChI=1S/C21H18F3N5O2S/c1-31-16-5-11(7-26-18(16)21(22,23)24)4-14(25)9-28-20-29-10-17(32-20)12-2-3-15-13(6-12)8-27-19(15)30/h2-3,5-8,10,14H,4,9,25H2,1H3,(H,28,29)/t14-/m0/s1. The number of amides is 1. The summed E-state index contributed by atoms with van der Waals surface area (Å²) in [5, 5.41) is 3.81. The zero-order valence-electron chi connectivity index (χ0n) is 16.8. The Morgan fingerprint density at radius 2 is 2.03 bits per heavy atom. The van der Waals surface area contributed by atoms with Crippen LogP contribution in [0.3, 0.4) is 0 Å². The Bertz CT molecular complexity index is 1190. The quantitative estimate of drug-likeness (QED) is 0.555. The molecule has 1 aliphatic heterocycles. The number of alkyl halides is 3. The van der Waals surface area contributed by atoms with E-state index in [4.69, 9.17) is 10.5 Å². The maximum atomic E-state index is 12.9. The van der Waals surface area contributed by atoms with E-state index in [1.54, 1.807) is 18.5 Å². The van der Waals surface area contributed by atoms with E-state index in [9.17, 15) is 18.0 Å². The smallest absolute Gasteiger partial charge is 0.437 e. The second-order valence-corrected chi connectivity index (χ2v) is 8.16. The van der Waals surface area contributed by atoms with Crippen LogP contribution in [0.1, 0.15) is 27.2 Å². The molecule has 0 saturated heterocycles. The van der Waals surface area contributed by atoms with Crippen molar-refractivity contribution in [3.05, 3.63) is 59.0 Å². The van der Waals surface area contributed by atoms with Crippen molar-refractivity contribution in [1.29, 1.82) is 0 Å². The summed E-state index contributed by atoms with van der Waals surface area (Å²) >= 11 is 1.43. The van der Waals surface area contributed by atoms with Gasteiger partial charge < -0.3 is 15.8 Å². The highest BCUT2D eigenvalue weighted by atomic mass is 32.1.